The van der Waals surface area contributed by atoms with Crippen LogP contribution in [0.25, 0.3) is 0 Å². The molecule has 1 amide bonds. The van der Waals surface area contributed by atoms with Crippen LogP contribution in [0.4, 0.5) is 5.00 Å². The summed E-state index contributed by atoms with van der Waals surface area (Å²) < 4.78 is 9.19. The zero-order valence-electron chi connectivity index (χ0n) is 14.0. The molecule has 1 heterocycles. The fourth-order valence-electron chi connectivity index (χ4n) is 2.20. The molecule has 0 aliphatic rings. The molecule has 0 saturated heterocycles. The number of hydrogen-bond acceptors (Lipinski definition) is 6. The molecule has 0 radical (unpaired) electrons. The van der Waals surface area contributed by atoms with Crippen molar-refractivity contribution in [3.8, 4) is 0 Å². The van der Waals surface area contributed by atoms with Crippen LogP contribution in [0.3, 0.4) is 0 Å². The third-order valence-electron chi connectivity index (χ3n) is 3.60. The number of hydrogen-bond donors (Lipinski definition) is 2. The van der Waals surface area contributed by atoms with Crippen molar-refractivity contribution in [1.82, 2.24) is 9.69 Å². The van der Waals surface area contributed by atoms with E-state index in [1.807, 2.05) is 37.3 Å². The highest BCUT2D eigenvalue weighted by Crippen LogP contribution is 2.24. The fraction of sp³-hybridized carbons (Fsp3) is 0.353. The van der Waals surface area contributed by atoms with Gasteiger partial charge in [0.2, 0.25) is 0 Å². The lowest BCUT2D eigenvalue weighted by molar-refractivity contribution is -0.124. The predicted octanol–water partition coefficient (Wildman–Crippen LogP) is 2.57. The average Bonchev–Trinajstić information content (AvgIpc) is 2.99. The van der Waals surface area contributed by atoms with E-state index < -0.39 is 5.97 Å². The minimum absolute atomic E-state index is 0.185. The zero-order chi connectivity index (χ0) is 17.5. The number of benzene rings is 1. The van der Waals surface area contributed by atoms with Crippen molar-refractivity contribution < 1.29 is 14.3 Å². The SMILES string of the molecule is CNc1snc(C)c1C(=O)OCC(=O)NC[C@H](C)c1ccccc1. The Morgan fingerprint density at radius 2 is 2.00 bits per heavy atom. The monoisotopic (exact) mass is 347 g/mol. The zero-order valence-corrected chi connectivity index (χ0v) is 14.8. The lowest BCUT2D eigenvalue weighted by Crippen LogP contribution is -2.31. The van der Waals surface area contributed by atoms with E-state index in [1.54, 1.807) is 14.0 Å². The molecule has 0 unspecified atom stereocenters. The van der Waals surface area contributed by atoms with E-state index >= 15 is 0 Å². The molecule has 0 saturated carbocycles. The second-order valence-electron chi connectivity index (χ2n) is 5.41. The summed E-state index contributed by atoms with van der Waals surface area (Å²) in [4.78, 5) is 24.0. The second-order valence-corrected chi connectivity index (χ2v) is 6.19. The Balaban J connectivity index is 1.81. The molecule has 7 heteroatoms. The number of nitrogens with zero attached hydrogens (tertiary/aromatic N) is 1. The second kappa shape index (κ2) is 8.44. The van der Waals surface area contributed by atoms with Crippen molar-refractivity contribution in [2.75, 3.05) is 25.5 Å². The summed E-state index contributed by atoms with van der Waals surface area (Å²) in [6.45, 7) is 3.94. The number of aromatic nitrogens is 1. The molecule has 128 valence electrons. The van der Waals surface area contributed by atoms with E-state index in [0.29, 0.717) is 22.8 Å². The first-order valence-corrected chi connectivity index (χ1v) is 8.43. The number of nitrogens with one attached hydrogen (secondary N) is 2. The fourth-order valence-corrected chi connectivity index (χ4v) is 2.93. The lowest BCUT2D eigenvalue weighted by atomic mass is 10.0. The van der Waals surface area contributed by atoms with Crippen LogP contribution in [0, 0.1) is 6.92 Å². The first-order chi connectivity index (χ1) is 11.5. The van der Waals surface area contributed by atoms with Crippen LogP contribution in [0.5, 0.6) is 0 Å². The van der Waals surface area contributed by atoms with Gasteiger partial charge in [-0.1, -0.05) is 37.3 Å². The maximum Gasteiger partial charge on any atom is 0.343 e. The summed E-state index contributed by atoms with van der Waals surface area (Å²) in [5.41, 5.74) is 2.12. The van der Waals surface area contributed by atoms with Gasteiger partial charge in [0.15, 0.2) is 6.61 Å². The third kappa shape index (κ3) is 4.55. The smallest absolute Gasteiger partial charge is 0.343 e. The molecular formula is C17H21N3O3S. The van der Waals surface area contributed by atoms with Gasteiger partial charge in [-0.05, 0) is 29.9 Å². The molecule has 0 aliphatic heterocycles. The summed E-state index contributed by atoms with van der Waals surface area (Å²) >= 11 is 1.19. The minimum atomic E-state index is -0.545. The number of carbonyl (C=O) groups excluding carboxylic acids is 2. The van der Waals surface area contributed by atoms with Crippen LogP contribution >= 0.6 is 11.5 Å². The molecular weight excluding hydrogens is 326 g/mol. The maximum atomic E-state index is 12.1. The first-order valence-electron chi connectivity index (χ1n) is 7.65. The van der Waals surface area contributed by atoms with Crippen molar-refractivity contribution in [2.45, 2.75) is 19.8 Å². The van der Waals surface area contributed by atoms with Gasteiger partial charge in [-0.2, -0.15) is 4.37 Å². The number of amides is 1. The Morgan fingerprint density at radius 3 is 2.67 bits per heavy atom. The van der Waals surface area contributed by atoms with Gasteiger partial charge in [-0.25, -0.2) is 4.79 Å². The maximum absolute atomic E-state index is 12.1. The van der Waals surface area contributed by atoms with Crippen LogP contribution in [0.15, 0.2) is 30.3 Å². The number of rotatable bonds is 7. The van der Waals surface area contributed by atoms with E-state index in [1.165, 1.54) is 11.5 Å². The molecule has 1 aromatic heterocycles. The third-order valence-corrected chi connectivity index (χ3v) is 4.56. The topological polar surface area (TPSA) is 80.3 Å². The van der Waals surface area contributed by atoms with Crippen molar-refractivity contribution >= 4 is 28.4 Å². The molecule has 0 bridgehead atoms. The van der Waals surface area contributed by atoms with Gasteiger partial charge in [0.1, 0.15) is 10.6 Å². The summed E-state index contributed by atoms with van der Waals surface area (Å²) in [5, 5.41) is 6.31. The van der Waals surface area contributed by atoms with Gasteiger partial charge in [0.25, 0.3) is 5.91 Å². The van der Waals surface area contributed by atoms with Crippen molar-refractivity contribution in [1.29, 1.82) is 0 Å². The van der Waals surface area contributed by atoms with Crippen LogP contribution in [0.2, 0.25) is 0 Å². The number of ether oxygens (including phenoxy) is 1. The number of carbonyl (C=O) groups is 2. The summed E-state index contributed by atoms with van der Waals surface area (Å²) in [5.74, 6) is -0.681. The van der Waals surface area contributed by atoms with Gasteiger partial charge in [-0.3, -0.25) is 4.79 Å². The minimum Gasteiger partial charge on any atom is -0.452 e. The molecule has 2 aromatic rings. The van der Waals surface area contributed by atoms with Crippen LogP contribution < -0.4 is 10.6 Å². The van der Waals surface area contributed by atoms with Crippen molar-refractivity contribution in [3.63, 3.8) is 0 Å². The highest BCUT2D eigenvalue weighted by atomic mass is 32.1. The van der Waals surface area contributed by atoms with Gasteiger partial charge in [-0.15, -0.1) is 0 Å². The predicted molar refractivity (Wildman–Crippen MR) is 94.5 cm³/mol. The van der Waals surface area contributed by atoms with Crippen molar-refractivity contribution in [3.05, 3.63) is 47.2 Å². The van der Waals surface area contributed by atoms with E-state index in [4.69, 9.17) is 4.74 Å². The highest BCUT2D eigenvalue weighted by Gasteiger charge is 2.20. The molecule has 1 atom stereocenters. The summed E-state index contributed by atoms with van der Waals surface area (Å²) in [6, 6.07) is 9.91. The average molecular weight is 347 g/mol. The van der Waals surface area contributed by atoms with Gasteiger partial charge < -0.3 is 15.4 Å². The van der Waals surface area contributed by atoms with Gasteiger partial charge >= 0.3 is 5.97 Å². The van der Waals surface area contributed by atoms with Crippen LogP contribution in [-0.2, 0) is 9.53 Å². The Bertz CT molecular complexity index is 700. The number of aryl methyl sites for hydroxylation is 1. The Labute approximate surface area is 145 Å². The van der Waals surface area contributed by atoms with E-state index in [0.717, 1.165) is 5.56 Å². The number of anilines is 1. The standard InChI is InChI=1S/C17H21N3O3S/c1-11(13-7-5-4-6-8-13)9-19-14(21)10-23-17(22)15-12(2)20-24-16(15)18-3/h4-8,11,18H,9-10H2,1-3H3,(H,19,21)/t11-/m0/s1. The quantitative estimate of drug-likeness (QED) is 0.753. The van der Waals surface area contributed by atoms with Gasteiger partial charge in [0, 0.05) is 13.6 Å². The lowest BCUT2D eigenvalue weighted by Gasteiger charge is -2.13. The van der Waals surface area contributed by atoms with E-state index in [2.05, 4.69) is 15.0 Å². The normalized spacial score (nSPS) is 11.6. The first kappa shape index (κ1) is 17.9. The molecule has 0 aliphatic carbocycles. The van der Waals surface area contributed by atoms with E-state index in [-0.39, 0.29) is 18.4 Å². The molecule has 2 N–H and O–H groups in total. The summed E-state index contributed by atoms with van der Waals surface area (Å²) in [7, 11) is 1.71. The van der Waals surface area contributed by atoms with Crippen LogP contribution in [0.1, 0.15) is 34.5 Å². The van der Waals surface area contributed by atoms with Crippen LogP contribution in [-0.4, -0.2) is 36.4 Å². The molecule has 24 heavy (non-hydrogen) atoms. The molecule has 0 spiro atoms. The Morgan fingerprint density at radius 1 is 1.29 bits per heavy atom. The Kier molecular flexibility index (Phi) is 6.31. The largest absolute Gasteiger partial charge is 0.452 e. The summed E-state index contributed by atoms with van der Waals surface area (Å²) in [6.07, 6.45) is 0. The molecule has 1 aromatic carbocycles. The van der Waals surface area contributed by atoms with Gasteiger partial charge in [0.05, 0.1) is 5.69 Å². The molecule has 0 fully saturated rings. The number of esters is 1. The van der Waals surface area contributed by atoms with E-state index in [9.17, 15) is 9.59 Å². The highest BCUT2D eigenvalue weighted by molar-refractivity contribution is 7.10. The Hall–Kier alpha value is -2.41. The molecule has 2 rings (SSSR count). The molecule has 6 nitrogen and oxygen atoms in total. The van der Waals surface area contributed by atoms with Crippen molar-refractivity contribution in [2.24, 2.45) is 0 Å².